The number of carbonyl (C=O) groups excluding carboxylic acids is 1. The molecule has 0 aromatic heterocycles. The van der Waals surface area contributed by atoms with Gasteiger partial charge in [-0.3, -0.25) is 4.79 Å². The van der Waals surface area contributed by atoms with Crippen LogP contribution in [0.1, 0.15) is 162 Å². The summed E-state index contributed by atoms with van der Waals surface area (Å²) >= 11 is 0. The molecule has 352 valence electrons. The largest absolute Gasteiger partial charge is 0.457 e. The van der Waals surface area contributed by atoms with Crippen LogP contribution in [0.3, 0.4) is 0 Å². The van der Waals surface area contributed by atoms with Crippen LogP contribution < -0.4 is 0 Å². The normalized spacial score (nSPS) is 27.9. The first-order chi connectivity index (χ1) is 29.1. The van der Waals surface area contributed by atoms with Crippen molar-refractivity contribution in [3.63, 3.8) is 0 Å². The molecule has 0 aromatic rings. The zero-order valence-corrected chi connectivity index (χ0v) is 36.9. The van der Waals surface area contributed by atoms with E-state index in [0.29, 0.717) is 13.0 Å². The van der Waals surface area contributed by atoms with Crippen LogP contribution in [0.25, 0.3) is 0 Å². The molecule has 0 bridgehead atoms. The number of unbranched alkanes of at least 4 members (excludes halogenated alkanes) is 18. The molecular formula is C46H84O14. The molecule has 2 saturated heterocycles. The Kier molecular flexibility index (Phi) is 31.8. The highest BCUT2D eigenvalue weighted by Gasteiger charge is 2.47. The molecule has 0 amide bonds. The lowest BCUT2D eigenvalue weighted by atomic mass is 9.98. The molecule has 11 unspecified atom stereocenters. The lowest BCUT2D eigenvalue weighted by Gasteiger charge is -2.42. The van der Waals surface area contributed by atoms with Crippen molar-refractivity contribution in [3.05, 3.63) is 24.3 Å². The fraction of sp³-hybridized carbons (Fsp3) is 0.891. The Labute approximate surface area is 360 Å². The van der Waals surface area contributed by atoms with E-state index in [-0.39, 0.29) is 25.6 Å². The number of rotatable bonds is 36. The first-order valence-corrected chi connectivity index (χ1v) is 23.4. The third-order valence-electron chi connectivity index (χ3n) is 11.2. The SMILES string of the molecule is CCCCC/C=C\CCCCCCCCOCC(COC1OC(COC2OC(CO)C(O)C(O)C2O)C(O)C(O)C1O)OC(=O)CCCCCCC/C=C\CCCCCC. The highest BCUT2D eigenvalue weighted by atomic mass is 16.7. The second-order valence-electron chi connectivity index (χ2n) is 16.6. The maximum Gasteiger partial charge on any atom is 0.306 e. The zero-order valence-electron chi connectivity index (χ0n) is 36.9. The number of aliphatic hydroxyl groups is 7. The number of esters is 1. The average Bonchev–Trinajstić information content (AvgIpc) is 3.24. The van der Waals surface area contributed by atoms with Crippen molar-refractivity contribution in [1.29, 1.82) is 0 Å². The van der Waals surface area contributed by atoms with Crippen LogP contribution in [-0.4, -0.2) is 142 Å². The van der Waals surface area contributed by atoms with E-state index in [1.807, 2.05) is 0 Å². The molecule has 2 aliphatic rings. The van der Waals surface area contributed by atoms with E-state index in [1.165, 1.54) is 70.6 Å². The molecule has 11 atom stereocenters. The Bertz CT molecular complexity index is 1090. The van der Waals surface area contributed by atoms with Gasteiger partial charge in [-0.05, 0) is 64.2 Å². The molecule has 0 saturated carbocycles. The van der Waals surface area contributed by atoms with Crippen LogP contribution >= 0.6 is 0 Å². The summed E-state index contributed by atoms with van der Waals surface area (Å²) in [5.41, 5.74) is 0. The number of hydrogen-bond donors (Lipinski definition) is 7. The fourth-order valence-corrected chi connectivity index (χ4v) is 7.27. The minimum Gasteiger partial charge on any atom is -0.457 e. The predicted molar refractivity (Wildman–Crippen MR) is 229 cm³/mol. The average molecular weight is 861 g/mol. The van der Waals surface area contributed by atoms with Gasteiger partial charge < -0.3 is 64.2 Å². The molecule has 14 nitrogen and oxygen atoms in total. The van der Waals surface area contributed by atoms with Crippen LogP contribution in [0, 0.1) is 0 Å². The van der Waals surface area contributed by atoms with E-state index in [2.05, 4.69) is 38.2 Å². The van der Waals surface area contributed by atoms with Gasteiger partial charge in [0.15, 0.2) is 12.6 Å². The van der Waals surface area contributed by atoms with Gasteiger partial charge >= 0.3 is 5.97 Å². The standard InChI is InChI=1S/C46H84O14/c1-3-5-7-9-11-13-15-17-19-21-23-25-27-29-38(48)58-35(32-55-30-28-26-24-22-20-18-16-14-12-10-8-6-4-2)33-56-45-44(54)42(52)40(50)37(60-45)34-57-46-43(53)41(51)39(49)36(31-47)59-46/h12-15,35-37,39-47,49-54H,3-11,16-34H2,1-2H3/b14-12-,15-13-. The van der Waals surface area contributed by atoms with Gasteiger partial charge in [-0.1, -0.05) is 115 Å². The monoisotopic (exact) mass is 861 g/mol. The van der Waals surface area contributed by atoms with Crippen LogP contribution in [-0.2, 0) is 33.2 Å². The Morgan fingerprint density at radius 3 is 1.55 bits per heavy atom. The Morgan fingerprint density at radius 2 is 0.983 bits per heavy atom. The summed E-state index contributed by atoms with van der Waals surface area (Å²) in [7, 11) is 0. The van der Waals surface area contributed by atoms with Gasteiger partial charge in [0.25, 0.3) is 0 Å². The molecule has 7 N–H and O–H groups in total. The maximum atomic E-state index is 12.9. The molecule has 0 aromatic carbocycles. The molecule has 0 radical (unpaired) electrons. The van der Waals surface area contributed by atoms with Crippen molar-refractivity contribution in [2.24, 2.45) is 0 Å². The van der Waals surface area contributed by atoms with Gasteiger partial charge in [0.05, 0.1) is 26.4 Å². The first kappa shape index (κ1) is 54.6. The van der Waals surface area contributed by atoms with E-state index >= 15 is 0 Å². The number of ether oxygens (including phenoxy) is 6. The topological polar surface area (TPSA) is 214 Å². The lowest BCUT2D eigenvalue weighted by Crippen LogP contribution is -2.61. The molecule has 2 rings (SSSR count). The third kappa shape index (κ3) is 23.2. The highest BCUT2D eigenvalue weighted by Crippen LogP contribution is 2.26. The van der Waals surface area contributed by atoms with E-state index in [0.717, 1.165) is 64.2 Å². The van der Waals surface area contributed by atoms with Crippen LogP contribution in [0.4, 0.5) is 0 Å². The first-order valence-electron chi connectivity index (χ1n) is 23.4. The predicted octanol–water partition coefficient (Wildman–Crippen LogP) is 5.68. The van der Waals surface area contributed by atoms with Crippen molar-refractivity contribution >= 4 is 5.97 Å². The van der Waals surface area contributed by atoms with Crippen molar-refractivity contribution < 1.29 is 69.0 Å². The van der Waals surface area contributed by atoms with Gasteiger partial charge in [-0.2, -0.15) is 0 Å². The van der Waals surface area contributed by atoms with Gasteiger partial charge in [0, 0.05) is 13.0 Å². The van der Waals surface area contributed by atoms with Crippen LogP contribution in [0.15, 0.2) is 24.3 Å². The number of allylic oxidation sites excluding steroid dienone is 4. The number of carbonyl (C=O) groups is 1. The van der Waals surface area contributed by atoms with Gasteiger partial charge in [-0.25, -0.2) is 0 Å². The fourth-order valence-electron chi connectivity index (χ4n) is 7.27. The van der Waals surface area contributed by atoms with Crippen molar-refractivity contribution in [2.75, 3.05) is 33.0 Å². The van der Waals surface area contributed by atoms with E-state index in [9.17, 15) is 40.5 Å². The smallest absolute Gasteiger partial charge is 0.306 e. The Morgan fingerprint density at radius 1 is 0.533 bits per heavy atom. The van der Waals surface area contributed by atoms with Gasteiger partial charge in [0.2, 0.25) is 0 Å². The Hall–Kier alpha value is -1.53. The van der Waals surface area contributed by atoms with Gasteiger partial charge in [-0.15, -0.1) is 0 Å². The van der Waals surface area contributed by atoms with Crippen LogP contribution in [0.5, 0.6) is 0 Å². The minimum absolute atomic E-state index is 0.0556. The third-order valence-corrected chi connectivity index (χ3v) is 11.2. The quantitative estimate of drug-likeness (QED) is 0.0230. The van der Waals surface area contributed by atoms with E-state index in [1.54, 1.807) is 0 Å². The van der Waals surface area contributed by atoms with E-state index in [4.69, 9.17) is 28.4 Å². The molecule has 2 heterocycles. The number of aliphatic hydroxyl groups excluding tert-OH is 7. The summed E-state index contributed by atoms with van der Waals surface area (Å²) in [6, 6.07) is 0. The Balaban J connectivity index is 1.82. The van der Waals surface area contributed by atoms with Gasteiger partial charge in [0.1, 0.15) is 54.9 Å². The second-order valence-corrected chi connectivity index (χ2v) is 16.6. The zero-order chi connectivity index (χ0) is 43.8. The summed E-state index contributed by atoms with van der Waals surface area (Å²) in [4.78, 5) is 12.9. The highest BCUT2D eigenvalue weighted by molar-refractivity contribution is 5.69. The maximum absolute atomic E-state index is 12.9. The summed E-state index contributed by atoms with van der Waals surface area (Å²) in [6.07, 6.45) is 18.1. The van der Waals surface area contributed by atoms with E-state index < -0.39 is 80.7 Å². The summed E-state index contributed by atoms with van der Waals surface area (Å²) < 4.78 is 34.1. The van der Waals surface area contributed by atoms with Crippen molar-refractivity contribution in [1.82, 2.24) is 0 Å². The summed E-state index contributed by atoms with van der Waals surface area (Å²) in [6.45, 7) is 3.61. The van der Waals surface area contributed by atoms with Crippen molar-refractivity contribution in [2.45, 2.75) is 229 Å². The molecular weight excluding hydrogens is 776 g/mol. The molecule has 0 spiro atoms. The number of hydrogen-bond acceptors (Lipinski definition) is 14. The molecule has 0 aliphatic carbocycles. The molecule has 60 heavy (non-hydrogen) atoms. The molecule has 2 aliphatic heterocycles. The molecule has 14 heteroatoms. The summed E-state index contributed by atoms with van der Waals surface area (Å²) in [5, 5.41) is 71.9. The van der Waals surface area contributed by atoms with Crippen molar-refractivity contribution in [3.8, 4) is 0 Å². The second kappa shape index (κ2) is 34.9. The summed E-state index contributed by atoms with van der Waals surface area (Å²) in [5.74, 6) is -0.389. The van der Waals surface area contributed by atoms with Crippen LogP contribution in [0.2, 0.25) is 0 Å². The lowest BCUT2D eigenvalue weighted by molar-refractivity contribution is -0.332. The minimum atomic E-state index is -1.71. The molecule has 2 fully saturated rings.